The van der Waals surface area contributed by atoms with E-state index in [1.54, 1.807) is 12.1 Å². The Balaban J connectivity index is 0.995. The van der Waals surface area contributed by atoms with Crippen LogP contribution in [0.25, 0.3) is 11.1 Å². The third-order valence-corrected chi connectivity index (χ3v) is 15.0. The van der Waals surface area contributed by atoms with Crippen LogP contribution in [-0.2, 0) is 9.53 Å². The lowest BCUT2D eigenvalue weighted by atomic mass is 9.64. The molecule has 0 spiro atoms. The molecule has 7 fully saturated rings. The SMILES string of the molecule is CC(=O)NC[C@H]1CN(c2ccc(-c3ccc(C(C(CCCCC45CNCC4C5C#N)C45CNCC4C5C#N)C45CNCC4C5C#N)cc3)c(F)c2)C(=O)O1. The number of unbranched alkanes of at least 4 members (excludes halogenated alkanes) is 1. The van der Waals surface area contributed by atoms with Crippen LogP contribution in [0.15, 0.2) is 42.5 Å². The van der Waals surface area contributed by atoms with E-state index in [0.717, 1.165) is 70.5 Å². The summed E-state index contributed by atoms with van der Waals surface area (Å²) in [6, 6.07) is 20.9. The molecule has 3 saturated carbocycles. The number of rotatable bonds is 13. The highest BCUT2D eigenvalue weighted by Gasteiger charge is 2.78. The summed E-state index contributed by atoms with van der Waals surface area (Å²) < 4.78 is 21.2. The lowest BCUT2D eigenvalue weighted by molar-refractivity contribution is -0.119. The van der Waals surface area contributed by atoms with Crippen LogP contribution in [0, 0.1) is 97.5 Å². The average molecular weight is 731 g/mol. The predicted molar refractivity (Wildman–Crippen MR) is 197 cm³/mol. The largest absolute Gasteiger partial charge is 0.442 e. The molecule has 11 nitrogen and oxygen atoms in total. The smallest absolute Gasteiger partial charge is 0.414 e. The first-order chi connectivity index (χ1) is 26.2. The number of cyclic esters (lactones) is 1. The lowest BCUT2D eigenvalue weighted by Crippen LogP contribution is -2.38. The maximum Gasteiger partial charge on any atom is 0.414 e. The van der Waals surface area contributed by atoms with Gasteiger partial charge in [0, 0.05) is 48.4 Å². The number of nitrogens with one attached hydrogen (secondary N) is 4. The van der Waals surface area contributed by atoms with Crippen molar-refractivity contribution in [3.05, 3.63) is 53.8 Å². The maximum atomic E-state index is 15.8. The van der Waals surface area contributed by atoms with E-state index in [0.29, 0.717) is 28.7 Å². The van der Waals surface area contributed by atoms with Gasteiger partial charge in [0.25, 0.3) is 0 Å². The van der Waals surface area contributed by atoms with E-state index in [1.807, 2.05) is 12.1 Å². The number of hydrogen-bond donors (Lipinski definition) is 4. The summed E-state index contributed by atoms with van der Waals surface area (Å²) in [4.78, 5) is 25.3. The van der Waals surface area contributed by atoms with Crippen LogP contribution in [-0.4, -0.2) is 70.5 Å². The van der Waals surface area contributed by atoms with E-state index in [2.05, 4.69) is 51.6 Å². The number of nitriles is 3. The molecule has 4 N–H and O–H groups in total. The Bertz CT molecular complexity index is 1990. The fourth-order valence-electron chi connectivity index (χ4n) is 12.3. The van der Waals surface area contributed by atoms with Crippen LogP contribution in [0.1, 0.15) is 44.1 Å². The molecular weight excluding hydrogens is 684 g/mol. The number of piperidine rings is 3. The number of carbonyl (C=O) groups excluding carboxylic acids is 2. The van der Waals surface area contributed by atoms with E-state index in [1.165, 1.54) is 17.9 Å². The Morgan fingerprint density at radius 2 is 1.59 bits per heavy atom. The number of ether oxygens (including phenoxy) is 1. The van der Waals surface area contributed by atoms with Gasteiger partial charge in [-0.1, -0.05) is 37.1 Å². The number of nitrogens with zero attached hydrogens (tertiary/aromatic N) is 4. The lowest BCUT2D eigenvalue weighted by Gasteiger charge is -2.39. The molecule has 9 rings (SSSR count). The number of halogens is 1. The maximum absolute atomic E-state index is 15.8. The molecule has 7 aliphatic rings. The van der Waals surface area contributed by atoms with Crippen LogP contribution in [0.3, 0.4) is 0 Å². The molecule has 3 aliphatic carbocycles. The molecule has 280 valence electrons. The molecule has 4 saturated heterocycles. The summed E-state index contributed by atoms with van der Waals surface area (Å²) in [6.45, 7) is 6.90. The zero-order valence-electron chi connectivity index (χ0n) is 30.6. The van der Waals surface area contributed by atoms with E-state index < -0.39 is 18.0 Å². The molecule has 4 heterocycles. The zero-order chi connectivity index (χ0) is 37.4. The molecule has 12 atom stereocenters. The number of carbonyl (C=O) groups is 2. The summed E-state index contributed by atoms with van der Waals surface area (Å²) in [7, 11) is 0. The molecule has 0 bridgehead atoms. The second-order valence-electron chi connectivity index (χ2n) is 17.2. The van der Waals surface area contributed by atoms with E-state index in [-0.39, 0.29) is 70.7 Å². The monoisotopic (exact) mass is 730 g/mol. The Hall–Kier alpha value is -4.54. The van der Waals surface area contributed by atoms with E-state index in [4.69, 9.17) is 4.74 Å². The molecule has 11 unspecified atom stereocenters. The Labute approximate surface area is 315 Å². The molecule has 0 aromatic heterocycles. The summed E-state index contributed by atoms with van der Waals surface area (Å²) in [5.41, 5.74) is 2.42. The van der Waals surface area contributed by atoms with Crippen LogP contribution in [0.5, 0.6) is 0 Å². The summed E-state index contributed by atoms with van der Waals surface area (Å²) in [5, 5.41) is 44.0. The van der Waals surface area contributed by atoms with Crippen molar-refractivity contribution in [2.24, 2.45) is 57.7 Å². The standard InChI is InChI=1S/C42H47FN8O3/c1-24(52)50-16-28-20-51(39(53)54-28)27-9-10-29(37(43)12-27)25-5-7-26(8-6-25)38(42-23-49-19-36(42)33(42)15-46)30(41-22-48-18-35(41)32(41)14-45)4-2-3-11-40-21-47-17-34(40)31(40)13-44/h5-10,12,28,30-36,38,47-49H,2-4,11,16-23H2,1H3,(H,50,52)/t28-,30?,31?,32?,33?,34?,35?,36?,38?,40?,41?,42?/m0/s1. The Kier molecular flexibility index (Phi) is 8.50. The van der Waals surface area contributed by atoms with Crippen LogP contribution < -0.4 is 26.2 Å². The third kappa shape index (κ3) is 5.19. The molecule has 2 amide bonds. The van der Waals surface area contributed by atoms with Crippen molar-refractivity contribution in [1.29, 1.82) is 15.8 Å². The molecule has 4 aliphatic heterocycles. The first-order valence-corrected chi connectivity index (χ1v) is 19.7. The first-order valence-electron chi connectivity index (χ1n) is 19.7. The van der Waals surface area contributed by atoms with Gasteiger partial charge >= 0.3 is 6.09 Å². The minimum atomic E-state index is -0.580. The van der Waals surface area contributed by atoms with Crippen LogP contribution in [0.2, 0.25) is 0 Å². The van der Waals surface area contributed by atoms with Crippen molar-refractivity contribution < 1.29 is 18.7 Å². The topological polar surface area (TPSA) is 166 Å². The van der Waals surface area contributed by atoms with Gasteiger partial charge in [0.05, 0.1) is 54.7 Å². The van der Waals surface area contributed by atoms with Gasteiger partial charge in [-0.05, 0) is 91.4 Å². The number of hydrogen-bond acceptors (Lipinski definition) is 9. The van der Waals surface area contributed by atoms with Crippen molar-refractivity contribution >= 4 is 17.7 Å². The van der Waals surface area contributed by atoms with Gasteiger partial charge in [0.2, 0.25) is 5.91 Å². The van der Waals surface area contributed by atoms with Gasteiger partial charge in [-0.2, -0.15) is 15.8 Å². The van der Waals surface area contributed by atoms with Crippen molar-refractivity contribution in [2.45, 2.75) is 44.6 Å². The highest BCUT2D eigenvalue weighted by molar-refractivity contribution is 5.90. The first kappa shape index (κ1) is 35.2. The van der Waals surface area contributed by atoms with Gasteiger partial charge in [-0.15, -0.1) is 0 Å². The van der Waals surface area contributed by atoms with Crippen LogP contribution >= 0.6 is 0 Å². The van der Waals surface area contributed by atoms with Gasteiger partial charge in [-0.3, -0.25) is 9.69 Å². The van der Waals surface area contributed by atoms with Crippen molar-refractivity contribution in [3.63, 3.8) is 0 Å². The predicted octanol–water partition coefficient (Wildman–Crippen LogP) is 4.29. The average Bonchev–Trinajstić information content (AvgIpc) is 3.77. The Morgan fingerprint density at radius 3 is 2.24 bits per heavy atom. The minimum absolute atomic E-state index is 0.0105. The molecule has 2 aromatic carbocycles. The molecule has 12 heteroatoms. The second kappa shape index (κ2) is 13.0. The molecule has 2 aromatic rings. The molecule has 54 heavy (non-hydrogen) atoms. The number of anilines is 1. The fourth-order valence-corrected chi connectivity index (χ4v) is 12.3. The highest BCUT2D eigenvalue weighted by atomic mass is 19.1. The quantitative estimate of drug-likeness (QED) is 0.220. The summed E-state index contributed by atoms with van der Waals surface area (Å²) in [5.74, 6) is 0.696. The van der Waals surface area contributed by atoms with Crippen molar-refractivity contribution in [3.8, 4) is 29.3 Å². The van der Waals surface area contributed by atoms with Gasteiger partial charge in [0.1, 0.15) is 11.9 Å². The fraction of sp³-hybridized carbons (Fsp3) is 0.595. The number of fused-ring (bicyclic) bond motifs is 3. The highest BCUT2D eigenvalue weighted by Crippen LogP contribution is 2.76. The van der Waals surface area contributed by atoms with Crippen molar-refractivity contribution in [2.75, 3.05) is 57.3 Å². The normalized spacial score (nSPS) is 37.5. The molecule has 0 radical (unpaired) electrons. The summed E-state index contributed by atoms with van der Waals surface area (Å²) in [6.07, 6.45) is 2.96. The third-order valence-electron chi connectivity index (χ3n) is 15.0. The van der Waals surface area contributed by atoms with E-state index >= 15 is 4.39 Å². The molecular formula is C42H47FN8O3. The van der Waals surface area contributed by atoms with Gasteiger partial charge < -0.3 is 26.0 Å². The number of benzene rings is 2. The van der Waals surface area contributed by atoms with E-state index in [9.17, 15) is 25.4 Å². The summed E-state index contributed by atoms with van der Waals surface area (Å²) >= 11 is 0. The minimum Gasteiger partial charge on any atom is -0.442 e. The Morgan fingerprint density at radius 1 is 0.926 bits per heavy atom. The second-order valence-corrected chi connectivity index (χ2v) is 17.2. The van der Waals surface area contributed by atoms with Crippen molar-refractivity contribution in [1.82, 2.24) is 21.3 Å². The zero-order valence-corrected chi connectivity index (χ0v) is 30.6. The number of amides is 2. The van der Waals surface area contributed by atoms with Gasteiger partial charge in [0.15, 0.2) is 0 Å². The van der Waals surface area contributed by atoms with Gasteiger partial charge in [-0.25, -0.2) is 9.18 Å². The van der Waals surface area contributed by atoms with Crippen LogP contribution in [0.4, 0.5) is 14.9 Å².